The quantitative estimate of drug-likeness (QED) is 0.507. The van der Waals surface area contributed by atoms with Crippen LogP contribution in [-0.2, 0) is 11.2 Å². The minimum atomic E-state index is -0.0296. The summed E-state index contributed by atoms with van der Waals surface area (Å²) in [4.78, 5) is 11.5. The van der Waals surface area contributed by atoms with Gasteiger partial charge in [-0.25, -0.2) is 5.84 Å². The Morgan fingerprint density at radius 1 is 1.11 bits per heavy atom. The molecule has 1 rings (SSSR count). The molecule has 0 saturated heterocycles. The van der Waals surface area contributed by atoms with Crippen LogP contribution in [0.1, 0.15) is 46.6 Å². The zero-order chi connectivity index (χ0) is 14.4. The number of amides is 1. The lowest BCUT2D eigenvalue weighted by Gasteiger charge is -2.15. The van der Waals surface area contributed by atoms with Gasteiger partial charge in [-0.15, -0.1) is 0 Å². The largest absolute Gasteiger partial charge is 0.280 e. The molecule has 0 radical (unpaired) electrons. The topological polar surface area (TPSA) is 46.3 Å². The fourth-order valence-electron chi connectivity index (χ4n) is 1.24. The molecule has 3 heteroatoms. The van der Waals surface area contributed by atoms with Crippen LogP contribution in [0, 0.1) is 0 Å². The van der Waals surface area contributed by atoms with Gasteiger partial charge in [0.1, 0.15) is 0 Å². The van der Waals surface area contributed by atoms with Gasteiger partial charge in [-0.05, 0) is 12.0 Å². The molecule has 2 N–H and O–H groups in total. The Balaban J connectivity index is 0. The van der Waals surface area contributed by atoms with Crippen LogP contribution in [0.15, 0.2) is 30.3 Å². The molecule has 0 spiro atoms. The third-order valence-electron chi connectivity index (χ3n) is 1.98. The number of hydrogen-bond acceptors (Lipinski definition) is 2. The molecule has 0 fully saturated rings. The molecular weight excluding hydrogens is 224 g/mol. The minimum absolute atomic E-state index is 0.0296. The molecule has 0 aliphatic carbocycles. The second kappa shape index (κ2) is 13.7. The van der Waals surface area contributed by atoms with E-state index in [1.807, 2.05) is 65.0 Å². The van der Waals surface area contributed by atoms with Gasteiger partial charge in [-0.2, -0.15) is 0 Å². The van der Waals surface area contributed by atoms with Crippen LogP contribution >= 0.6 is 0 Å². The molecule has 0 bridgehead atoms. The van der Waals surface area contributed by atoms with E-state index in [0.717, 1.165) is 12.0 Å². The third kappa shape index (κ3) is 8.76. The molecule has 0 aromatic heterocycles. The summed E-state index contributed by atoms with van der Waals surface area (Å²) in [5.74, 6) is 5.53. The van der Waals surface area contributed by atoms with Crippen LogP contribution in [0.5, 0.6) is 0 Å². The summed E-state index contributed by atoms with van der Waals surface area (Å²) in [6.07, 6.45) is 1.27. The number of hydrazine groups is 1. The molecule has 1 aromatic carbocycles. The zero-order valence-corrected chi connectivity index (χ0v) is 12.4. The van der Waals surface area contributed by atoms with Crippen molar-refractivity contribution in [2.45, 2.75) is 47.5 Å². The zero-order valence-electron chi connectivity index (χ0n) is 12.4. The molecule has 0 aliphatic rings. The molecule has 1 aromatic rings. The Hall–Kier alpha value is -1.35. The minimum Gasteiger partial charge on any atom is -0.280 e. The first kappa shape index (κ1) is 19.0. The summed E-state index contributed by atoms with van der Waals surface area (Å²) < 4.78 is 0. The molecule has 0 heterocycles. The number of hydrogen-bond donors (Lipinski definition) is 1. The van der Waals surface area contributed by atoms with E-state index in [1.165, 1.54) is 5.01 Å². The van der Waals surface area contributed by atoms with Crippen molar-refractivity contribution >= 4 is 5.91 Å². The summed E-state index contributed by atoms with van der Waals surface area (Å²) in [5.41, 5.74) is 1.00. The van der Waals surface area contributed by atoms with E-state index >= 15 is 0 Å². The Labute approximate surface area is 112 Å². The van der Waals surface area contributed by atoms with Crippen molar-refractivity contribution in [3.63, 3.8) is 0 Å². The fourth-order valence-corrected chi connectivity index (χ4v) is 1.24. The maximum atomic E-state index is 11.5. The van der Waals surface area contributed by atoms with E-state index in [9.17, 15) is 4.79 Å². The SMILES string of the molecule is CC.CC.CCCN(N)C(=O)Cc1ccccc1. The van der Waals surface area contributed by atoms with E-state index in [2.05, 4.69) is 0 Å². The molecule has 1 amide bonds. The number of benzene rings is 1. The summed E-state index contributed by atoms with van der Waals surface area (Å²) >= 11 is 0. The monoisotopic (exact) mass is 252 g/mol. The first-order valence-corrected chi connectivity index (χ1v) is 6.83. The molecular formula is C15H28N2O. The summed E-state index contributed by atoms with van der Waals surface area (Å²) in [6.45, 7) is 10.6. The average Bonchev–Trinajstić information content (AvgIpc) is 2.44. The molecule has 18 heavy (non-hydrogen) atoms. The van der Waals surface area contributed by atoms with Crippen LogP contribution in [0.2, 0.25) is 0 Å². The van der Waals surface area contributed by atoms with E-state index in [-0.39, 0.29) is 5.91 Å². The summed E-state index contributed by atoms with van der Waals surface area (Å²) in [5, 5.41) is 1.28. The predicted octanol–water partition coefficient (Wildman–Crippen LogP) is 3.39. The summed E-state index contributed by atoms with van der Waals surface area (Å²) in [6, 6.07) is 9.63. The van der Waals surface area contributed by atoms with Gasteiger partial charge in [0.25, 0.3) is 0 Å². The van der Waals surface area contributed by atoms with E-state index in [4.69, 9.17) is 5.84 Å². The fraction of sp³-hybridized carbons (Fsp3) is 0.533. The van der Waals surface area contributed by atoms with Crippen molar-refractivity contribution < 1.29 is 4.79 Å². The van der Waals surface area contributed by atoms with Crippen molar-refractivity contribution in [1.29, 1.82) is 0 Å². The molecule has 0 saturated carbocycles. The van der Waals surface area contributed by atoms with Gasteiger partial charge in [0.05, 0.1) is 6.42 Å². The maximum absolute atomic E-state index is 11.5. The second-order valence-corrected chi connectivity index (χ2v) is 3.25. The van der Waals surface area contributed by atoms with Gasteiger partial charge in [0, 0.05) is 6.54 Å². The highest BCUT2D eigenvalue weighted by atomic mass is 16.2. The average molecular weight is 252 g/mol. The highest BCUT2D eigenvalue weighted by molar-refractivity contribution is 5.78. The Morgan fingerprint density at radius 2 is 1.61 bits per heavy atom. The van der Waals surface area contributed by atoms with Crippen molar-refractivity contribution in [1.82, 2.24) is 5.01 Å². The van der Waals surface area contributed by atoms with Gasteiger partial charge in [-0.3, -0.25) is 9.80 Å². The number of nitrogens with two attached hydrogens (primary N) is 1. The summed E-state index contributed by atoms with van der Waals surface area (Å²) in [7, 11) is 0. The van der Waals surface area contributed by atoms with E-state index < -0.39 is 0 Å². The molecule has 104 valence electrons. The smallest absolute Gasteiger partial charge is 0.240 e. The number of rotatable bonds is 4. The van der Waals surface area contributed by atoms with Gasteiger partial charge in [0.2, 0.25) is 5.91 Å². The molecule has 0 unspecified atom stereocenters. The number of carbonyl (C=O) groups excluding carboxylic acids is 1. The predicted molar refractivity (Wildman–Crippen MR) is 79.0 cm³/mol. The Bertz CT molecular complexity index is 286. The van der Waals surface area contributed by atoms with Crippen molar-refractivity contribution in [3.8, 4) is 0 Å². The van der Waals surface area contributed by atoms with Crippen molar-refractivity contribution in [3.05, 3.63) is 35.9 Å². The lowest BCUT2D eigenvalue weighted by molar-refractivity contribution is -0.130. The molecule has 0 aliphatic heterocycles. The van der Waals surface area contributed by atoms with Crippen LogP contribution in [0.4, 0.5) is 0 Å². The van der Waals surface area contributed by atoms with Crippen LogP contribution in [0.25, 0.3) is 0 Å². The number of carbonyl (C=O) groups is 1. The van der Waals surface area contributed by atoms with Crippen LogP contribution in [0.3, 0.4) is 0 Å². The van der Waals surface area contributed by atoms with Gasteiger partial charge in [0.15, 0.2) is 0 Å². The lowest BCUT2D eigenvalue weighted by atomic mass is 10.1. The third-order valence-corrected chi connectivity index (χ3v) is 1.98. The van der Waals surface area contributed by atoms with Crippen LogP contribution < -0.4 is 5.84 Å². The standard InChI is InChI=1S/C11H16N2O.2C2H6/c1-2-8-13(12)11(14)9-10-6-4-3-5-7-10;2*1-2/h3-7H,2,8-9,12H2,1H3;2*1-2H3. The van der Waals surface area contributed by atoms with E-state index in [1.54, 1.807) is 0 Å². The molecule has 0 atom stereocenters. The van der Waals surface area contributed by atoms with Gasteiger partial charge in [-0.1, -0.05) is 65.0 Å². The van der Waals surface area contributed by atoms with Gasteiger partial charge >= 0.3 is 0 Å². The normalized spacial score (nSPS) is 8.33. The molecule has 3 nitrogen and oxygen atoms in total. The Morgan fingerprint density at radius 3 is 2.06 bits per heavy atom. The van der Waals surface area contributed by atoms with Gasteiger partial charge < -0.3 is 0 Å². The van der Waals surface area contributed by atoms with Crippen molar-refractivity contribution in [2.24, 2.45) is 5.84 Å². The highest BCUT2D eigenvalue weighted by Gasteiger charge is 2.08. The number of nitrogens with zero attached hydrogens (tertiary/aromatic N) is 1. The second-order valence-electron chi connectivity index (χ2n) is 3.25. The maximum Gasteiger partial charge on any atom is 0.240 e. The van der Waals surface area contributed by atoms with Crippen LogP contribution in [-0.4, -0.2) is 17.5 Å². The Kier molecular flexibility index (Phi) is 14.5. The lowest BCUT2D eigenvalue weighted by Crippen LogP contribution is -2.38. The first-order valence-electron chi connectivity index (χ1n) is 6.83. The first-order chi connectivity index (χ1) is 8.74. The van der Waals surface area contributed by atoms with Crippen molar-refractivity contribution in [2.75, 3.05) is 6.54 Å². The highest BCUT2D eigenvalue weighted by Crippen LogP contribution is 2.01. The van der Waals surface area contributed by atoms with E-state index in [0.29, 0.717) is 13.0 Å².